The van der Waals surface area contributed by atoms with Crippen LogP contribution in [0, 0.1) is 6.92 Å². The van der Waals surface area contributed by atoms with Crippen molar-refractivity contribution in [1.29, 1.82) is 0 Å². The SMILES string of the molecule is Cc1ccc(CNC(=O)CCc2nnc(C(=O)Nc3ccccc3)s2)cc1. The Bertz CT molecular complexity index is 907. The van der Waals surface area contributed by atoms with E-state index >= 15 is 0 Å². The maximum atomic E-state index is 12.2. The molecule has 0 bridgehead atoms. The van der Waals surface area contributed by atoms with Crippen molar-refractivity contribution in [2.75, 3.05) is 5.32 Å². The van der Waals surface area contributed by atoms with Crippen LogP contribution in [0.2, 0.25) is 0 Å². The van der Waals surface area contributed by atoms with Crippen molar-refractivity contribution in [3.05, 3.63) is 75.7 Å². The summed E-state index contributed by atoms with van der Waals surface area (Å²) in [6.45, 7) is 2.53. The topological polar surface area (TPSA) is 84.0 Å². The zero-order chi connectivity index (χ0) is 19.1. The van der Waals surface area contributed by atoms with Crippen LogP contribution in [-0.4, -0.2) is 22.0 Å². The van der Waals surface area contributed by atoms with Gasteiger partial charge in [0, 0.05) is 25.1 Å². The van der Waals surface area contributed by atoms with Gasteiger partial charge in [0.1, 0.15) is 5.01 Å². The first-order valence-corrected chi connectivity index (χ1v) is 9.43. The van der Waals surface area contributed by atoms with Gasteiger partial charge in [-0.2, -0.15) is 0 Å². The summed E-state index contributed by atoms with van der Waals surface area (Å²) in [6, 6.07) is 17.2. The van der Waals surface area contributed by atoms with Crippen LogP contribution in [0.5, 0.6) is 0 Å². The number of aromatic nitrogens is 2. The number of anilines is 1. The fourth-order valence-electron chi connectivity index (χ4n) is 2.37. The fourth-order valence-corrected chi connectivity index (χ4v) is 3.10. The lowest BCUT2D eigenvalue weighted by molar-refractivity contribution is -0.121. The average Bonchev–Trinajstić information content (AvgIpc) is 3.16. The molecule has 0 saturated carbocycles. The van der Waals surface area contributed by atoms with Crippen molar-refractivity contribution in [1.82, 2.24) is 15.5 Å². The second-order valence-electron chi connectivity index (χ2n) is 6.08. The molecule has 6 nitrogen and oxygen atoms in total. The number of amides is 2. The van der Waals surface area contributed by atoms with Crippen molar-refractivity contribution in [2.24, 2.45) is 0 Å². The van der Waals surface area contributed by atoms with Gasteiger partial charge >= 0.3 is 0 Å². The molecule has 3 rings (SSSR count). The van der Waals surface area contributed by atoms with E-state index in [0.717, 1.165) is 5.56 Å². The Balaban J connectivity index is 1.45. The second-order valence-corrected chi connectivity index (χ2v) is 7.15. The molecule has 27 heavy (non-hydrogen) atoms. The van der Waals surface area contributed by atoms with Gasteiger partial charge in [0.15, 0.2) is 0 Å². The summed E-state index contributed by atoms with van der Waals surface area (Å²) in [5.74, 6) is -0.352. The molecule has 7 heteroatoms. The summed E-state index contributed by atoms with van der Waals surface area (Å²) in [6.07, 6.45) is 0.761. The number of carbonyl (C=O) groups is 2. The minimum absolute atomic E-state index is 0.0546. The highest BCUT2D eigenvalue weighted by atomic mass is 32.1. The Kier molecular flexibility index (Phi) is 6.27. The maximum Gasteiger partial charge on any atom is 0.286 e. The molecule has 0 aliphatic rings. The summed E-state index contributed by atoms with van der Waals surface area (Å²) < 4.78 is 0. The van der Waals surface area contributed by atoms with Crippen molar-refractivity contribution in [2.45, 2.75) is 26.3 Å². The van der Waals surface area contributed by atoms with Crippen molar-refractivity contribution >= 4 is 28.8 Å². The van der Waals surface area contributed by atoms with E-state index in [1.807, 2.05) is 49.4 Å². The third-order valence-electron chi connectivity index (χ3n) is 3.87. The van der Waals surface area contributed by atoms with E-state index in [-0.39, 0.29) is 16.8 Å². The largest absolute Gasteiger partial charge is 0.352 e. The fraction of sp³-hybridized carbons (Fsp3) is 0.200. The molecule has 2 N–H and O–H groups in total. The van der Waals surface area contributed by atoms with E-state index in [4.69, 9.17) is 0 Å². The van der Waals surface area contributed by atoms with Crippen LogP contribution in [0.3, 0.4) is 0 Å². The molecule has 0 spiro atoms. The number of nitrogens with one attached hydrogen (secondary N) is 2. The molecular weight excluding hydrogens is 360 g/mol. The Labute approximate surface area is 161 Å². The molecule has 3 aromatic rings. The van der Waals surface area contributed by atoms with Gasteiger partial charge in [0.2, 0.25) is 10.9 Å². The maximum absolute atomic E-state index is 12.2. The van der Waals surface area contributed by atoms with Crippen LogP contribution in [0.15, 0.2) is 54.6 Å². The molecule has 0 aliphatic heterocycles. The molecule has 0 radical (unpaired) electrons. The predicted octanol–water partition coefficient (Wildman–Crippen LogP) is 3.35. The predicted molar refractivity (Wildman–Crippen MR) is 106 cm³/mol. The molecule has 0 atom stereocenters. The molecule has 138 valence electrons. The van der Waals surface area contributed by atoms with Gasteiger partial charge in [-0.05, 0) is 24.6 Å². The zero-order valence-corrected chi connectivity index (χ0v) is 15.8. The van der Waals surface area contributed by atoms with Crippen molar-refractivity contribution < 1.29 is 9.59 Å². The third-order valence-corrected chi connectivity index (χ3v) is 4.85. The zero-order valence-electron chi connectivity index (χ0n) is 14.9. The number of carbonyl (C=O) groups excluding carboxylic acids is 2. The second kappa shape index (κ2) is 9.05. The quantitative estimate of drug-likeness (QED) is 0.658. The molecule has 0 aliphatic carbocycles. The van der Waals surface area contributed by atoms with Gasteiger partial charge in [-0.15, -0.1) is 10.2 Å². The minimum atomic E-state index is -0.297. The van der Waals surface area contributed by atoms with E-state index < -0.39 is 0 Å². The van der Waals surface area contributed by atoms with Crippen LogP contribution < -0.4 is 10.6 Å². The number of hydrogen-bond acceptors (Lipinski definition) is 5. The Morgan fingerprint density at radius 1 is 1.00 bits per heavy atom. The first-order chi connectivity index (χ1) is 13.1. The summed E-state index contributed by atoms with van der Waals surface area (Å²) >= 11 is 1.20. The highest BCUT2D eigenvalue weighted by Gasteiger charge is 2.14. The number of nitrogens with zero attached hydrogens (tertiary/aromatic N) is 2. The van der Waals surface area contributed by atoms with E-state index in [1.165, 1.54) is 16.9 Å². The van der Waals surface area contributed by atoms with E-state index in [9.17, 15) is 9.59 Å². The van der Waals surface area contributed by atoms with E-state index in [1.54, 1.807) is 12.1 Å². The van der Waals surface area contributed by atoms with Crippen LogP contribution in [0.25, 0.3) is 0 Å². The Morgan fingerprint density at radius 3 is 2.48 bits per heavy atom. The molecule has 1 aromatic heterocycles. The van der Waals surface area contributed by atoms with Gasteiger partial charge in [-0.1, -0.05) is 59.4 Å². The standard InChI is InChI=1S/C20H20N4O2S/c1-14-7-9-15(10-8-14)13-21-17(25)11-12-18-23-24-20(27-18)19(26)22-16-5-3-2-4-6-16/h2-10H,11-13H2,1H3,(H,21,25)(H,22,26). The molecule has 2 amide bonds. The molecule has 0 saturated heterocycles. The lowest BCUT2D eigenvalue weighted by Crippen LogP contribution is -2.22. The minimum Gasteiger partial charge on any atom is -0.352 e. The summed E-state index contributed by atoms with van der Waals surface area (Å²) in [5, 5.41) is 14.5. The first kappa shape index (κ1) is 18.7. The number of aryl methyl sites for hydroxylation is 2. The van der Waals surface area contributed by atoms with Crippen molar-refractivity contribution in [3.63, 3.8) is 0 Å². The van der Waals surface area contributed by atoms with Crippen LogP contribution in [0.1, 0.15) is 32.4 Å². The van der Waals surface area contributed by atoms with Gasteiger partial charge in [0.25, 0.3) is 5.91 Å². The van der Waals surface area contributed by atoms with Crippen LogP contribution in [0.4, 0.5) is 5.69 Å². The lowest BCUT2D eigenvalue weighted by Gasteiger charge is -2.05. The highest BCUT2D eigenvalue weighted by Crippen LogP contribution is 2.14. The Morgan fingerprint density at radius 2 is 1.74 bits per heavy atom. The van der Waals surface area contributed by atoms with E-state index in [2.05, 4.69) is 20.8 Å². The van der Waals surface area contributed by atoms with E-state index in [0.29, 0.717) is 30.1 Å². The first-order valence-electron chi connectivity index (χ1n) is 8.61. The average molecular weight is 380 g/mol. The lowest BCUT2D eigenvalue weighted by atomic mass is 10.1. The Hall–Kier alpha value is -3.06. The van der Waals surface area contributed by atoms with Crippen molar-refractivity contribution in [3.8, 4) is 0 Å². The molecule has 0 unspecified atom stereocenters. The summed E-state index contributed by atoms with van der Waals surface area (Å²) in [5.41, 5.74) is 2.95. The number of para-hydroxylation sites is 1. The normalized spacial score (nSPS) is 10.4. The van der Waals surface area contributed by atoms with Gasteiger partial charge in [0.05, 0.1) is 0 Å². The van der Waals surface area contributed by atoms with Gasteiger partial charge in [-0.3, -0.25) is 9.59 Å². The number of rotatable bonds is 7. The monoisotopic (exact) mass is 380 g/mol. The molecule has 1 heterocycles. The highest BCUT2D eigenvalue weighted by molar-refractivity contribution is 7.13. The summed E-state index contributed by atoms with van der Waals surface area (Å²) in [4.78, 5) is 24.2. The smallest absolute Gasteiger partial charge is 0.286 e. The number of benzene rings is 2. The van der Waals surface area contributed by atoms with Crippen LogP contribution >= 0.6 is 11.3 Å². The van der Waals surface area contributed by atoms with Crippen LogP contribution in [-0.2, 0) is 17.8 Å². The third kappa shape index (κ3) is 5.72. The molecular formula is C20H20N4O2S. The number of hydrogen-bond donors (Lipinski definition) is 2. The molecule has 2 aromatic carbocycles. The van der Waals surface area contributed by atoms with Gasteiger partial charge < -0.3 is 10.6 Å². The van der Waals surface area contributed by atoms with Gasteiger partial charge in [-0.25, -0.2) is 0 Å². The summed E-state index contributed by atoms with van der Waals surface area (Å²) in [7, 11) is 0. The molecule has 0 fully saturated rings.